The van der Waals surface area contributed by atoms with E-state index in [9.17, 15) is 13.2 Å². The Bertz CT molecular complexity index is 833. The van der Waals surface area contributed by atoms with Gasteiger partial charge in [-0.1, -0.05) is 30.0 Å². The van der Waals surface area contributed by atoms with Crippen LogP contribution in [0.5, 0.6) is 0 Å². The van der Waals surface area contributed by atoms with Crippen LogP contribution in [0.2, 0.25) is 0 Å². The second-order valence-corrected chi connectivity index (χ2v) is 6.47. The minimum atomic E-state index is -3.50. The van der Waals surface area contributed by atoms with Crippen molar-refractivity contribution in [1.29, 1.82) is 0 Å². The molecule has 0 heterocycles. The Labute approximate surface area is 135 Å². The Morgan fingerprint density at radius 2 is 1.70 bits per heavy atom. The van der Waals surface area contributed by atoms with Gasteiger partial charge in [-0.2, -0.15) is 0 Å². The van der Waals surface area contributed by atoms with E-state index in [1.807, 2.05) is 30.3 Å². The number of benzene rings is 2. The normalized spacial score (nSPS) is 10.5. The molecular weight excluding hydrogens is 312 g/mol. The van der Waals surface area contributed by atoms with Crippen LogP contribution in [0.3, 0.4) is 0 Å². The summed E-state index contributed by atoms with van der Waals surface area (Å²) in [5.41, 5.74) is 1.25. The van der Waals surface area contributed by atoms with Gasteiger partial charge in [-0.05, 0) is 43.4 Å². The van der Waals surface area contributed by atoms with E-state index in [1.165, 1.54) is 31.3 Å². The molecule has 0 aliphatic heterocycles. The molecule has 23 heavy (non-hydrogen) atoms. The van der Waals surface area contributed by atoms with Gasteiger partial charge in [0, 0.05) is 11.1 Å². The highest BCUT2D eigenvalue weighted by molar-refractivity contribution is 7.89. The van der Waals surface area contributed by atoms with Gasteiger partial charge in [0.25, 0.3) is 5.91 Å². The highest BCUT2D eigenvalue weighted by Gasteiger charge is 2.12. The fraction of sp³-hybridized carbons (Fsp3) is 0.118. The highest BCUT2D eigenvalue weighted by atomic mass is 32.2. The lowest BCUT2D eigenvalue weighted by Gasteiger charge is -2.04. The van der Waals surface area contributed by atoms with E-state index in [0.29, 0.717) is 5.56 Å². The Morgan fingerprint density at radius 1 is 1.04 bits per heavy atom. The number of amides is 1. The molecular formula is C17H16N2O3S. The molecule has 0 bridgehead atoms. The van der Waals surface area contributed by atoms with Crippen molar-refractivity contribution < 1.29 is 13.2 Å². The number of rotatable bonds is 4. The number of sulfonamides is 1. The summed E-state index contributed by atoms with van der Waals surface area (Å²) < 4.78 is 25.4. The second-order valence-electron chi connectivity index (χ2n) is 4.58. The fourth-order valence-electron chi connectivity index (χ4n) is 1.80. The molecule has 2 N–H and O–H groups in total. The molecule has 1 amide bonds. The molecule has 0 aliphatic rings. The number of hydrogen-bond donors (Lipinski definition) is 2. The van der Waals surface area contributed by atoms with Crippen LogP contribution in [0.15, 0.2) is 59.5 Å². The molecule has 2 aromatic carbocycles. The smallest absolute Gasteiger partial charge is 0.252 e. The quantitative estimate of drug-likeness (QED) is 0.833. The number of carbonyl (C=O) groups excluding carboxylic acids is 1. The molecule has 0 radical (unpaired) electrons. The third-order valence-corrected chi connectivity index (χ3v) is 4.47. The predicted octanol–water partition coefficient (Wildman–Crippen LogP) is 1.38. The molecule has 6 heteroatoms. The maximum atomic E-state index is 11.9. The average Bonchev–Trinajstić information content (AvgIpc) is 2.59. The lowest BCUT2D eigenvalue weighted by molar-refractivity contribution is 0.0958. The number of carbonyl (C=O) groups is 1. The lowest BCUT2D eigenvalue weighted by atomic mass is 10.2. The van der Waals surface area contributed by atoms with E-state index in [0.717, 1.165) is 5.56 Å². The van der Waals surface area contributed by atoms with Crippen LogP contribution in [0, 0.1) is 11.8 Å². The van der Waals surface area contributed by atoms with E-state index >= 15 is 0 Å². The summed E-state index contributed by atoms with van der Waals surface area (Å²) in [7, 11) is -2.16. The van der Waals surface area contributed by atoms with Crippen molar-refractivity contribution in [1.82, 2.24) is 10.0 Å². The van der Waals surface area contributed by atoms with Crippen LogP contribution in [0.4, 0.5) is 0 Å². The maximum absolute atomic E-state index is 11.9. The minimum Gasteiger partial charge on any atom is -0.341 e. The summed E-state index contributed by atoms with van der Waals surface area (Å²) in [4.78, 5) is 12.1. The van der Waals surface area contributed by atoms with Crippen LogP contribution in [0.1, 0.15) is 15.9 Å². The van der Waals surface area contributed by atoms with Crippen molar-refractivity contribution in [3.63, 3.8) is 0 Å². The van der Waals surface area contributed by atoms with Crippen molar-refractivity contribution in [2.24, 2.45) is 0 Å². The van der Waals surface area contributed by atoms with E-state index in [1.54, 1.807) is 0 Å². The van der Waals surface area contributed by atoms with Crippen LogP contribution < -0.4 is 10.0 Å². The Morgan fingerprint density at radius 3 is 2.30 bits per heavy atom. The van der Waals surface area contributed by atoms with Gasteiger partial charge >= 0.3 is 0 Å². The molecule has 0 saturated heterocycles. The number of nitrogens with one attached hydrogen (secondary N) is 2. The molecule has 2 aromatic rings. The van der Waals surface area contributed by atoms with Gasteiger partial charge in [0.15, 0.2) is 0 Å². The first-order valence-electron chi connectivity index (χ1n) is 6.88. The SMILES string of the molecule is CNS(=O)(=O)c1ccc(C(=O)NCC#Cc2ccccc2)cc1. The summed E-state index contributed by atoms with van der Waals surface area (Å²) in [6, 6.07) is 15.2. The van der Waals surface area contributed by atoms with Crippen LogP contribution in [-0.2, 0) is 10.0 Å². The van der Waals surface area contributed by atoms with Crippen LogP contribution in [-0.4, -0.2) is 27.9 Å². The molecule has 5 nitrogen and oxygen atoms in total. The van der Waals surface area contributed by atoms with Crippen LogP contribution in [0.25, 0.3) is 0 Å². The minimum absolute atomic E-state index is 0.111. The zero-order valence-electron chi connectivity index (χ0n) is 12.5. The molecule has 0 spiro atoms. The maximum Gasteiger partial charge on any atom is 0.252 e. The molecule has 0 unspecified atom stereocenters. The zero-order chi connectivity index (χ0) is 16.7. The first kappa shape index (κ1) is 16.7. The van der Waals surface area contributed by atoms with Gasteiger partial charge in [-0.25, -0.2) is 13.1 Å². The lowest BCUT2D eigenvalue weighted by Crippen LogP contribution is -2.24. The summed E-state index contributed by atoms with van der Waals surface area (Å²) >= 11 is 0. The Hall–Kier alpha value is -2.62. The molecule has 2 rings (SSSR count). The van der Waals surface area contributed by atoms with Crippen LogP contribution >= 0.6 is 0 Å². The van der Waals surface area contributed by atoms with Crippen molar-refractivity contribution in [3.05, 3.63) is 65.7 Å². The van der Waals surface area contributed by atoms with E-state index in [-0.39, 0.29) is 17.3 Å². The van der Waals surface area contributed by atoms with Gasteiger partial charge in [-0.3, -0.25) is 4.79 Å². The highest BCUT2D eigenvalue weighted by Crippen LogP contribution is 2.09. The monoisotopic (exact) mass is 328 g/mol. The van der Waals surface area contributed by atoms with E-state index < -0.39 is 10.0 Å². The largest absolute Gasteiger partial charge is 0.341 e. The topological polar surface area (TPSA) is 75.3 Å². The summed E-state index contributed by atoms with van der Waals surface area (Å²) in [6.07, 6.45) is 0. The first-order valence-corrected chi connectivity index (χ1v) is 8.37. The van der Waals surface area contributed by atoms with E-state index in [2.05, 4.69) is 21.9 Å². The Balaban J connectivity index is 1.95. The summed E-state index contributed by atoms with van der Waals surface area (Å²) in [6.45, 7) is 0.213. The molecule has 0 fully saturated rings. The number of hydrogen-bond acceptors (Lipinski definition) is 3. The summed E-state index contributed by atoms with van der Waals surface area (Å²) in [5, 5.41) is 2.66. The molecule has 0 atom stereocenters. The zero-order valence-corrected chi connectivity index (χ0v) is 13.4. The van der Waals surface area contributed by atoms with Gasteiger partial charge < -0.3 is 5.32 Å². The van der Waals surface area contributed by atoms with Crippen molar-refractivity contribution in [3.8, 4) is 11.8 Å². The second kappa shape index (κ2) is 7.58. The third-order valence-electron chi connectivity index (χ3n) is 3.04. The van der Waals surface area contributed by atoms with Gasteiger partial charge in [-0.15, -0.1) is 0 Å². The fourth-order valence-corrected chi connectivity index (χ4v) is 2.53. The first-order chi connectivity index (χ1) is 11.0. The predicted molar refractivity (Wildman–Crippen MR) is 88.3 cm³/mol. The van der Waals surface area contributed by atoms with Crippen molar-refractivity contribution >= 4 is 15.9 Å². The summed E-state index contributed by atoms with van der Waals surface area (Å²) in [5.74, 6) is 5.49. The van der Waals surface area contributed by atoms with Crippen molar-refractivity contribution in [2.45, 2.75) is 4.90 Å². The van der Waals surface area contributed by atoms with Gasteiger partial charge in [0.1, 0.15) is 0 Å². The third kappa shape index (κ3) is 4.68. The van der Waals surface area contributed by atoms with Crippen molar-refractivity contribution in [2.75, 3.05) is 13.6 Å². The molecule has 0 saturated carbocycles. The Kier molecular flexibility index (Phi) is 5.52. The molecule has 0 aromatic heterocycles. The van der Waals surface area contributed by atoms with E-state index in [4.69, 9.17) is 0 Å². The average molecular weight is 328 g/mol. The van der Waals surface area contributed by atoms with Gasteiger partial charge in [0.2, 0.25) is 10.0 Å². The molecule has 118 valence electrons. The molecule has 0 aliphatic carbocycles. The van der Waals surface area contributed by atoms with Gasteiger partial charge in [0.05, 0.1) is 11.4 Å². The standard InChI is InChI=1S/C17H16N2O3S/c1-18-23(21,22)16-11-9-15(10-12-16)17(20)19-13-5-8-14-6-3-2-4-7-14/h2-4,6-7,9-12,18H,13H2,1H3,(H,19,20).